The molecule has 2 N–H and O–H groups in total. The van der Waals surface area contributed by atoms with Crippen molar-refractivity contribution in [2.75, 3.05) is 6.61 Å². The second-order valence-corrected chi connectivity index (χ2v) is 3.93. The zero-order valence-electron chi connectivity index (χ0n) is 9.08. The van der Waals surface area contributed by atoms with Crippen molar-refractivity contribution in [3.63, 3.8) is 0 Å². The van der Waals surface area contributed by atoms with Crippen LogP contribution < -0.4 is 10.5 Å². The van der Waals surface area contributed by atoms with E-state index in [1.165, 1.54) is 0 Å². The highest BCUT2D eigenvalue weighted by Gasteiger charge is 2.16. The Kier molecular flexibility index (Phi) is 3.47. The zero-order valence-corrected chi connectivity index (χ0v) is 9.08. The number of nitrogens with zero attached hydrogens (tertiary/aromatic N) is 1. The second-order valence-electron chi connectivity index (χ2n) is 3.93. The molecule has 1 unspecified atom stereocenters. The van der Waals surface area contributed by atoms with Gasteiger partial charge < -0.3 is 10.5 Å². The number of pyridine rings is 1. The number of aryl methyl sites for hydroxylation is 1. The fraction of sp³-hybridized carbons (Fsp3) is 0.545. The lowest BCUT2D eigenvalue weighted by Gasteiger charge is -2.22. The van der Waals surface area contributed by atoms with Gasteiger partial charge in [-0.15, -0.1) is 0 Å². The first kappa shape index (κ1) is 11.0. The van der Waals surface area contributed by atoms with E-state index in [1.54, 1.807) is 6.20 Å². The van der Waals surface area contributed by atoms with Crippen molar-refractivity contribution in [1.29, 1.82) is 0 Å². The van der Waals surface area contributed by atoms with Gasteiger partial charge in [-0.05, 0) is 26.3 Å². The molecule has 0 fully saturated rings. The molecule has 3 heteroatoms. The lowest BCUT2D eigenvalue weighted by atomic mass is 10.0. The van der Waals surface area contributed by atoms with Crippen molar-refractivity contribution >= 4 is 0 Å². The molecule has 0 spiro atoms. The Labute approximate surface area is 85.3 Å². The molecule has 0 aliphatic carbocycles. The molecule has 0 amide bonds. The second kappa shape index (κ2) is 4.42. The molecule has 0 aliphatic heterocycles. The monoisotopic (exact) mass is 194 g/mol. The maximum Gasteiger partial charge on any atom is 0.122 e. The van der Waals surface area contributed by atoms with Gasteiger partial charge in [0, 0.05) is 23.5 Å². The number of nitrogens with two attached hydrogens (primary N) is 1. The van der Waals surface area contributed by atoms with Gasteiger partial charge in [-0.2, -0.15) is 0 Å². The van der Waals surface area contributed by atoms with Gasteiger partial charge in [-0.25, -0.2) is 0 Å². The molecule has 3 nitrogen and oxygen atoms in total. The van der Waals surface area contributed by atoms with Crippen molar-refractivity contribution in [2.45, 2.75) is 32.7 Å². The largest absolute Gasteiger partial charge is 0.492 e. The Morgan fingerprint density at radius 2 is 2.29 bits per heavy atom. The minimum absolute atomic E-state index is 0.253. The van der Waals surface area contributed by atoms with Crippen LogP contribution >= 0.6 is 0 Å². The highest BCUT2D eigenvalue weighted by Crippen LogP contribution is 2.13. The van der Waals surface area contributed by atoms with E-state index in [4.69, 9.17) is 10.5 Å². The summed E-state index contributed by atoms with van der Waals surface area (Å²) >= 11 is 0. The highest BCUT2D eigenvalue weighted by atomic mass is 16.5. The lowest BCUT2D eigenvalue weighted by Crippen LogP contribution is -2.41. The van der Waals surface area contributed by atoms with Crippen molar-refractivity contribution in [1.82, 2.24) is 4.98 Å². The van der Waals surface area contributed by atoms with Gasteiger partial charge in [0.15, 0.2) is 0 Å². The summed E-state index contributed by atoms with van der Waals surface area (Å²) < 4.78 is 5.58. The van der Waals surface area contributed by atoms with Crippen molar-refractivity contribution in [3.05, 3.63) is 24.0 Å². The molecule has 1 atom stereocenters. The maximum atomic E-state index is 5.96. The van der Waals surface area contributed by atoms with E-state index in [2.05, 4.69) is 11.9 Å². The molecule has 1 aromatic heterocycles. The SMILES string of the molecule is CCC(C)(N)COc1ccnc(C)c1. The first-order chi connectivity index (χ1) is 6.53. The van der Waals surface area contributed by atoms with Crippen LogP contribution in [0.3, 0.4) is 0 Å². The highest BCUT2D eigenvalue weighted by molar-refractivity contribution is 5.21. The van der Waals surface area contributed by atoms with Crippen LogP contribution in [0.25, 0.3) is 0 Å². The average Bonchev–Trinajstić information content (AvgIpc) is 2.15. The van der Waals surface area contributed by atoms with E-state index < -0.39 is 0 Å². The van der Waals surface area contributed by atoms with Gasteiger partial charge in [-0.1, -0.05) is 6.92 Å². The smallest absolute Gasteiger partial charge is 0.122 e. The van der Waals surface area contributed by atoms with Gasteiger partial charge in [0.05, 0.1) is 0 Å². The molecule has 0 bridgehead atoms. The molecule has 0 saturated heterocycles. The number of aromatic nitrogens is 1. The third-order valence-electron chi connectivity index (χ3n) is 2.24. The fourth-order valence-electron chi connectivity index (χ4n) is 0.960. The number of rotatable bonds is 4. The predicted octanol–water partition coefficient (Wildman–Crippen LogP) is 1.90. The first-order valence-electron chi connectivity index (χ1n) is 4.88. The Balaban J connectivity index is 2.54. The molecule has 78 valence electrons. The third kappa shape index (κ3) is 3.34. The Hall–Kier alpha value is -1.09. The van der Waals surface area contributed by atoms with Gasteiger partial charge in [0.1, 0.15) is 12.4 Å². The van der Waals surface area contributed by atoms with Crippen LogP contribution in [0, 0.1) is 6.92 Å². The van der Waals surface area contributed by atoms with E-state index in [9.17, 15) is 0 Å². The van der Waals surface area contributed by atoms with Gasteiger partial charge in [-0.3, -0.25) is 4.98 Å². The summed E-state index contributed by atoms with van der Waals surface area (Å²) in [5.41, 5.74) is 6.66. The van der Waals surface area contributed by atoms with E-state index in [0.717, 1.165) is 17.9 Å². The maximum absolute atomic E-state index is 5.96. The van der Waals surface area contributed by atoms with Gasteiger partial charge >= 0.3 is 0 Å². The van der Waals surface area contributed by atoms with Gasteiger partial charge in [0.2, 0.25) is 0 Å². The molecule has 1 heterocycles. The summed E-state index contributed by atoms with van der Waals surface area (Å²) in [7, 11) is 0. The molecule has 0 saturated carbocycles. The molecule has 0 aliphatic rings. The average molecular weight is 194 g/mol. The minimum Gasteiger partial charge on any atom is -0.492 e. The molecule has 14 heavy (non-hydrogen) atoms. The van der Waals surface area contributed by atoms with E-state index >= 15 is 0 Å². The number of hydrogen-bond donors (Lipinski definition) is 1. The van der Waals surface area contributed by atoms with E-state index in [0.29, 0.717) is 6.61 Å². The first-order valence-corrected chi connectivity index (χ1v) is 4.88. The van der Waals surface area contributed by atoms with Crippen molar-refractivity contribution in [3.8, 4) is 5.75 Å². The normalized spacial score (nSPS) is 14.9. The third-order valence-corrected chi connectivity index (χ3v) is 2.24. The van der Waals surface area contributed by atoms with E-state index in [-0.39, 0.29) is 5.54 Å². The van der Waals surface area contributed by atoms with E-state index in [1.807, 2.05) is 26.0 Å². The molecule has 1 aromatic rings. The van der Waals surface area contributed by atoms with Crippen LogP contribution in [-0.2, 0) is 0 Å². The summed E-state index contributed by atoms with van der Waals surface area (Å²) in [6, 6.07) is 3.75. The molecular formula is C11H18N2O. The summed E-state index contributed by atoms with van der Waals surface area (Å²) in [6.45, 7) is 6.52. The molecular weight excluding hydrogens is 176 g/mol. The predicted molar refractivity (Wildman–Crippen MR) is 57.4 cm³/mol. The number of hydrogen-bond acceptors (Lipinski definition) is 3. The van der Waals surface area contributed by atoms with Crippen molar-refractivity contribution < 1.29 is 4.74 Å². The van der Waals surface area contributed by atoms with Crippen LogP contribution in [0.2, 0.25) is 0 Å². The minimum atomic E-state index is -0.253. The summed E-state index contributed by atoms with van der Waals surface area (Å²) in [4.78, 5) is 4.09. The summed E-state index contributed by atoms with van der Waals surface area (Å²) in [5.74, 6) is 0.836. The zero-order chi connectivity index (χ0) is 10.6. The molecule has 1 rings (SSSR count). The Bertz CT molecular complexity index is 297. The van der Waals surface area contributed by atoms with Crippen molar-refractivity contribution in [2.24, 2.45) is 5.73 Å². The lowest BCUT2D eigenvalue weighted by molar-refractivity contribution is 0.225. The van der Waals surface area contributed by atoms with Crippen LogP contribution in [0.5, 0.6) is 5.75 Å². The Morgan fingerprint density at radius 1 is 1.57 bits per heavy atom. The molecule has 0 aromatic carbocycles. The summed E-state index contributed by atoms with van der Waals surface area (Å²) in [5, 5.41) is 0. The standard InChI is InChI=1S/C11H18N2O/c1-4-11(3,12)8-14-10-5-6-13-9(2)7-10/h5-7H,4,8,12H2,1-3H3. The number of ether oxygens (including phenoxy) is 1. The van der Waals surface area contributed by atoms with Gasteiger partial charge in [0.25, 0.3) is 0 Å². The van der Waals surface area contributed by atoms with Crippen LogP contribution in [0.15, 0.2) is 18.3 Å². The Morgan fingerprint density at radius 3 is 2.86 bits per heavy atom. The quantitative estimate of drug-likeness (QED) is 0.796. The topological polar surface area (TPSA) is 48.1 Å². The van der Waals surface area contributed by atoms with Crippen LogP contribution in [0.1, 0.15) is 26.0 Å². The summed E-state index contributed by atoms with van der Waals surface area (Å²) in [6.07, 6.45) is 2.64. The fourth-order valence-corrected chi connectivity index (χ4v) is 0.960. The molecule has 0 radical (unpaired) electrons. The van der Waals surface area contributed by atoms with Crippen LogP contribution in [0.4, 0.5) is 0 Å². The van der Waals surface area contributed by atoms with Crippen LogP contribution in [-0.4, -0.2) is 17.1 Å².